The zero-order chi connectivity index (χ0) is 24.5. The number of hydrogen-bond donors (Lipinski definition) is 1. The van der Waals surface area contributed by atoms with Crippen LogP contribution in [0.2, 0.25) is 0 Å². The van der Waals surface area contributed by atoms with E-state index in [-0.39, 0.29) is 30.8 Å². The Balaban J connectivity index is 2.00. The Labute approximate surface area is 201 Å². The molecule has 0 aromatic heterocycles. The lowest BCUT2D eigenvalue weighted by Gasteiger charge is -2.33. The van der Waals surface area contributed by atoms with Crippen molar-refractivity contribution in [3.8, 4) is 0 Å². The average Bonchev–Trinajstić information content (AvgIpc) is 2.84. The van der Waals surface area contributed by atoms with Gasteiger partial charge in [0, 0.05) is 19.0 Å². The number of rotatable bonds is 10. The third kappa shape index (κ3) is 6.77. The molecular formula is C29H33FN2O2. The molecule has 4 nitrogen and oxygen atoms in total. The Hall–Kier alpha value is -3.47. The van der Waals surface area contributed by atoms with E-state index < -0.39 is 11.9 Å². The molecule has 34 heavy (non-hydrogen) atoms. The Morgan fingerprint density at radius 3 is 2.18 bits per heavy atom. The smallest absolute Gasteiger partial charge is 0.243 e. The number of nitrogens with one attached hydrogen (secondary N) is 1. The van der Waals surface area contributed by atoms with Crippen LogP contribution in [0.25, 0.3) is 0 Å². The van der Waals surface area contributed by atoms with Gasteiger partial charge in [0.15, 0.2) is 0 Å². The molecule has 5 heteroatoms. The van der Waals surface area contributed by atoms with Gasteiger partial charge in [-0.15, -0.1) is 0 Å². The molecule has 3 aromatic carbocycles. The SMILES string of the molecule is CCC(C)NC(=O)C(Cc1ccccc1)N(Cc1ccccc1C)C(=O)Cc1ccccc1F. The molecule has 1 N–H and O–H groups in total. The number of carbonyl (C=O) groups excluding carboxylic acids is 2. The summed E-state index contributed by atoms with van der Waals surface area (Å²) in [6.07, 6.45) is 1.04. The van der Waals surface area contributed by atoms with Gasteiger partial charge >= 0.3 is 0 Å². The maximum Gasteiger partial charge on any atom is 0.243 e. The number of hydrogen-bond acceptors (Lipinski definition) is 2. The molecule has 0 saturated heterocycles. The van der Waals surface area contributed by atoms with Crippen molar-refractivity contribution in [1.29, 1.82) is 0 Å². The van der Waals surface area contributed by atoms with Crippen LogP contribution >= 0.6 is 0 Å². The van der Waals surface area contributed by atoms with Crippen LogP contribution in [-0.4, -0.2) is 28.8 Å². The molecule has 2 amide bonds. The molecule has 3 rings (SSSR count). The number of amides is 2. The van der Waals surface area contributed by atoms with Crippen molar-refractivity contribution in [3.63, 3.8) is 0 Å². The van der Waals surface area contributed by atoms with E-state index in [9.17, 15) is 14.0 Å². The summed E-state index contributed by atoms with van der Waals surface area (Å²) >= 11 is 0. The maximum absolute atomic E-state index is 14.4. The summed E-state index contributed by atoms with van der Waals surface area (Å²) in [5, 5.41) is 3.05. The van der Waals surface area contributed by atoms with Gasteiger partial charge in [-0.25, -0.2) is 4.39 Å². The number of aryl methyl sites for hydroxylation is 1. The molecule has 0 aliphatic heterocycles. The predicted octanol–water partition coefficient (Wildman–Crippen LogP) is 5.23. The average molecular weight is 461 g/mol. The molecule has 178 valence electrons. The van der Waals surface area contributed by atoms with Crippen molar-refractivity contribution in [3.05, 3.63) is 107 Å². The van der Waals surface area contributed by atoms with Crippen molar-refractivity contribution < 1.29 is 14.0 Å². The Kier molecular flexibility index (Phi) is 8.97. The van der Waals surface area contributed by atoms with Crippen molar-refractivity contribution in [2.24, 2.45) is 0 Å². The topological polar surface area (TPSA) is 49.4 Å². The summed E-state index contributed by atoms with van der Waals surface area (Å²) in [6.45, 7) is 6.21. The molecule has 0 aliphatic rings. The third-order valence-electron chi connectivity index (χ3n) is 6.17. The van der Waals surface area contributed by atoms with Gasteiger partial charge in [-0.1, -0.05) is 79.7 Å². The minimum absolute atomic E-state index is 0.0206. The fraction of sp³-hybridized carbons (Fsp3) is 0.310. The second kappa shape index (κ2) is 12.1. The second-order valence-electron chi connectivity index (χ2n) is 8.74. The lowest BCUT2D eigenvalue weighted by molar-refractivity contribution is -0.141. The van der Waals surface area contributed by atoms with E-state index in [1.54, 1.807) is 23.1 Å². The molecule has 2 atom stereocenters. The van der Waals surface area contributed by atoms with Crippen molar-refractivity contribution in [2.45, 2.75) is 58.7 Å². The summed E-state index contributed by atoms with van der Waals surface area (Å²) in [5.74, 6) is -0.905. The van der Waals surface area contributed by atoms with E-state index in [1.165, 1.54) is 6.07 Å². The van der Waals surface area contributed by atoms with Crippen LogP contribution in [0.4, 0.5) is 4.39 Å². The van der Waals surface area contributed by atoms with E-state index in [0.717, 1.165) is 23.1 Å². The quantitative estimate of drug-likeness (QED) is 0.450. The fourth-order valence-electron chi connectivity index (χ4n) is 3.87. The molecule has 0 bridgehead atoms. The Morgan fingerprint density at radius 1 is 0.912 bits per heavy atom. The first kappa shape index (κ1) is 25.2. The summed E-state index contributed by atoms with van der Waals surface area (Å²) in [4.78, 5) is 28.7. The predicted molar refractivity (Wildman–Crippen MR) is 134 cm³/mol. The molecule has 0 fully saturated rings. The molecule has 2 unspecified atom stereocenters. The van der Waals surface area contributed by atoms with Crippen LogP contribution in [0.15, 0.2) is 78.9 Å². The van der Waals surface area contributed by atoms with Crippen LogP contribution in [-0.2, 0) is 29.0 Å². The van der Waals surface area contributed by atoms with Crippen molar-refractivity contribution >= 4 is 11.8 Å². The largest absolute Gasteiger partial charge is 0.352 e. The van der Waals surface area contributed by atoms with Gasteiger partial charge < -0.3 is 10.2 Å². The van der Waals surface area contributed by atoms with E-state index in [4.69, 9.17) is 0 Å². The molecule has 0 aliphatic carbocycles. The lowest BCUT2D eigenvalue weighted by atomic mass is 10.00. The summed E-state index contributed by atoms with van der Waals surface area (Å²) in [5.41, 5.74) is 3.27. The first-order valence-corrected chi connectivity index (χ1v) is 11.8. The summed E-state index contributed by atoms with van der Waals surface area (Å²) < 4.78 is 14.4. The van der Waals surface area contributed by atoms with Gasteiger partial charge in [0.05, 0.1) is 6.42 Å². The number of benzene rings is 3. The molecular weight excluding hydrogens is 427 g/mol. The van der Waals surface area contributed by atoms with Gasteiger partial charge in [-0.05, 0) is 48.6 Å². The van der Waals surface area contributed by atoms with E-state index in [1.807, 2.05) is 75.4 Å². The van der Waals surface area contributed by atoms with Gasteiger partial charge in [-0.2, -0.15) is 0 Å². The van der Waals surface area contributed by atoms with Gasteiger partial charge in [0.25, 0.3) is 0 Å². The minimum Gasteiger partial charge on any atom is -0.352 e. The van der Waals surface area contributed by atoms with Gasteiger partial charge in [0.1, 0.15) is 11.9 Å². The third-order valence-corrected chi connectivity index (χ3v) is 6.17. The summed E-state index contributed by atoms with van der Waals surface area (Å²) in [6, 6.07) is 23.0. The van der Waals surface area contributed by atoms with Crippen LogP contribution < -0.4 is 5.32 Å². The first-order chi connectivity index (χ1) is 16.4. The van der Waals surface area contributed by atoms with E-state index >= 15 is 0 Å². The van der Waals surface area contributed by atoms with E-state index in [0.29, 0.717) is 12.0 Å². The van der Waals surface area contributed by atoms with Crippen molar-refractivity contribution in [1.82, 2.24) is 10.2 Å². The second-order valence-corrected chi connectivity index (χ2v) is 8.74. The molecule has 0 saturated carbocycles. The number of halogens is 1. The normalized spacial score (nSPS) is 12.6. The van der Waals surface area contributed by atoms with Crippen LogP contribution in [0.5, 0.6) is 0 Å². The Bertz CT molecular complexity index is 1100. The summed E-state index contributed by atoms with van der Waals surface area (Å²) in [7, 11) is 0. The highest BCUT2D eigenvalue weighted by Crippen LogP contribution is 2.19. The molecule has 3 aromatic rings. The lowest BCUT2D eigenvalue weighted by Crippen LogP contribution is -2.52. The highest BCUT2D eigenvalue weighted by molar-refractivity contribution is 5.89. The zero-order valence-corrected chi connectivity index (χ0v) is 20.1. The highest BCUT2D eigenvalue weighted by atomic mass is 19.1. The maximum atomic E-state index is 14.4. The molecule has 0 radical (unpaired) electrons. The van der Waals surface area contributed by atoms with Gasteiger partial charge in [-0.3, -0.25) is 9.59 Å². The van der Waals surface area contributed by atoms with Crippen LogP contribution in [0, 0.1) is 12.7 Å². The minimum atomic E-state index is -0.727. The van der Waals surface area contributed by atoms with Crippen LogP contribution in [0.3, 0.4) is 0 Å². The highest BCUT2D eigenvalue weighted by Gasteiger charge is 2.31. The first-order valence-electron chi connectivity index (χ1n) is 11.8. The van der Waals surface area contributed by atoms with Gasteiger partial charge in [0.2, 0.25) is 11.8 Å². The number of carbonyl (C=O) groups is 2. The molecule has 0 spiro atoms. The fourth-order valence-corrected chi connectivity index (χ4v) is 3.87. The standard InChI is InChI=1S/C29H33FN2O2/c1-4-22(3)31-29(34)27(18-23-13-6-5-7-14-23)32(20-25-16-9-8-12-21(25)2)28(33)19-24-15-10-11-17-26(24)30/h5-17,22,27H,4,18-20H2,1-3H3,(H,31,34). The Morgan fingerprint density at radius 2 is 1.53 bits per heavy atom. The van der Waals surface area contributed by atoms with Crippen LogP contribution in [0.1, 0.15) is 42.5 Å². The zero-order valence-electron chi connectivity index (χ0n) is 20.1. The monoisotopic (exact) mass is 460 g/mol. The molecule has 0 heterocycles. The van der Waals surface area contributed by atoms with Crippen molar-refractivity contribution in [2.75, 3.05) is 0 Å². The number of nitrogens with zero attached hydrogens (tertiary/aromatic N) is 1. The van der Waals surface area contributed by atoms with E-state index in [2.05, 4.69) is 5.32 Å².